The van der Waals surface area contributed by atoms with Crippen LogP contribution >= 0.6 is 23.2 Å². The Balaban J connectivity index is 2.04. The topological polar surface area (TPSA) is 15.3 Å². The van der Waals surface area contributed by atoms with Gasteiger partial charge in [0, 0.05) is 25.2 Å². The molecule has 1 fully saturated rings. The van der Waals surface area contributed by atoms with Crippen LogP contribution in [0.25, 0.3) is 0 Å². The van der Waals surface area contributed by atoms with Gasteiger partial charge in [-0.3, -0.25) is 0 Å². The highest BCUT2D eigenvalue weighted by Crippen LogP contribution is 2.32. The fourth-order valence-corrected chi connectivity index (χ4v) is 3.84. The van der Waals surface area contributed by atoms with Crippen molar-refractivity contribution < 1.29 is 0 Å². The van der Waals surface area contributed by atoms with Gasteiger partial charge in [-0.2, -0.15) is 0 Å². The number of hydrogen-bond acceptors (Lipinski definition) is 2. The SMILES string of the molecule is CCNC(CCN1CC(C)CC1C)c1cccc(Cl)c1Cl. The van der Waals surface area contributed by atoms with Crippen LogP contribution in [0.3, 0.4) is 0 Å². The van der Waals surface area contributed by atoms with E-state index >= 15 is 0 Å². The third-order valence-electron chi connectivity index (χ3n) is 4.43. The zero-order valence-electron chi connectivity index (χ0n) is 13.2. The van der Waals surface area contributed by atoms with E-state index in [-0.39, 0.29) is 6.04 Å². The Kier molecular flexibility index (Phi) is 6.36. The molecule has 1 saturated heterocycles. The van der Waals surface area contributed by atoms with Crippen LogP contribution in [0.5, 0.6) is 0 Å². The minimum absolute atomic E-state index is 0.268. The molecule has 2 rings (SSSR count). The van der Waals surface area contributed by atoms with Gasteiger partial charge in [-0.05, 0) is 43.9 Å². The molecule has 0 bridgehead atoms. The summed E-state index contributed by atoms with van der Waals surface area (Å²) >= 11 is 12.5. The molecule has 1 aliphatic heterocycles. The number of benzene rings is 1. The number of nitrogens with zero attached hydrogens (tertiary/aromatic N) is 1. The molecule has 0 spiro atoms. The highest BCUT2D eigenvalue weighted by Gasteiger charge is 2.26. The van der Waals surface area contributed by atoms with Crippen LogP contribution in [0, 0.1) is 5.92 Å². The van der Waals surface area contributed by atoms with E-state index in [4.69, 9.17) is 23.2 Å². The van der Waals surface area contributed by atoms with E-state index in [1.807, 2.05) is 12.1 Å². The molecule has 2 nitrogen and oxygen atoms in total. The van der Waals surface area contributed by atoms with Crippen molar-refractivity contribution in [3.05, 3.63) is 33.8 Å². The summed E-state index contributed by atoms with van der Waals surface area (Å²) in [6.07, 6.45) is 2.37. The summed E-state index contributed by atoms with van der Waals surface area (Å²) in [5.41, 5.74) is 1.12. The first-order chi connectivity index (χ1) is 10.0. The standard InChI is InChI=1S/C17H26Cl2N2/c1-4-20-16(14-6-5-7-15(18)17(14)19)8-9-21-11-12(2)10-13(21)3/h5-7,12-13,16,20H,4,8-11H2,1-3H3. The fourth-order valence-electron chi connectivity index (χ4n) is 3.40. The molecule has 0 saturated carbocycles. The van der Waals surface area contributed by atoms with Gasteiger partial charge in [0.1, 0.15) is 0 Å². The first-order valence-electron chi connectivity index (χ1n) is 7.94. The normalized spacial score (nSPS) is 24.4. The van der Waals surface area contributed by atoms with Gasteiger partial charge >= 0.3 is 0 Å². The van der Waals surface area contributed by atoms with Gasteiger partial charge in [-0.25, -0.2) is 0 Å². The molecule has 118 valence electrons. The third kappa shape index (κ3) is 4.35. The molecule has 0 amide bonds. The second kappa shape index (κ2) is 7.82. The van der Waals surface area contributed by atoms with E-state index in [0.29, 0.717) is 16.1 Å². The highest BCUT2D eigenvalue weighted by atomic mass is 35.5. The predicted octanol–water partition coefficient (Wildman–Crippen LogP) is 4.76. The van der Waals surface area contributed by atoms with E-state index in [1.165, 1.54) is 13.0 Å². The molecule has 21 heavy (non-hydrogen) atoms. The smallest absolute Gasteiger partial charge is 0.0640 e. The summed E-state index contributed by atoms with van der Waals surface area (Å²) in [6, 6.07) is 6.87. The van der Waals surface area contributed by atoms with Crippen molar-refractivity contribution in [2.24, 2.45) is 5.92 Å². The summed E-state index contributed by atoms with van der Waals surface area (Å²) < 4.78 is 0. The fraction of sp³-hybridized carbons (Fsp3) is 0.647. The summed E-state index contributed by atoms with van der Waals surface area (Å²) in [4.78, 5) is 2.59. The van der Waals surface area contributed by atoms with Gasteiger partial charge in [-0.1, -0.05) is 49.2 Å². The molecule has 1 N–H and O–H groups in total. The Morgan fingerprint density at radius 2 is 2.10 bits per heavy atom. The first-order valence-corrected chi connectivity index (χ1v) is 8.69. The molecular formula is C17H26Cl2N2. The Morgan fingerprint density at radius 3 is 2.71 bits per heavy atom. The molecule has 4 heteroatoms. The van der Waals surface area contributed by atoms with Crippen LogP contribution in [0.2, 0.25) is 10.0 Å². The van der Waals surface area contributed by atoms with E-state index in [2.05, 4.69) is 37.1 Å². The van der Waals surface area contributed by atoms with Gasteiger partial charge in [0.25, 0.3) is 0 Å². The van der Waals surface area contributed by atoms with E-state index in [1.54, 1.807) is 0 Å². The lowest BCUT2D eigenvalue weighted by atomic mass is 10.0. The molecule has 3 unspecified atom stereocenters. The summed E-state index contributed by atoms with van der Waals surface area (Å²) in [6.45, 7) is 10.0. The Labute approximate surface area is 138 Å². The third-order valence-corrected chi connectivity index (χ3v) is 5.26. The zero-order chi connectivity index (χ0) is 15.4. The van der Waals surface area contributed by atoms with Gasteiger partial charge in [0.15, 0.2) is 0 Å². The van der Waals surface area contributed by atoms with Crippen molar-refractivity contribution in [2.75, 3.05) is 19.6 Å². The van der Waals surface area contributed by atoms with Crippen molar-refractivity contribution in [3.8, 4) is 0 Å². The number of halogens is 2. The van der Waals surface area contributed by atoms with Crippen LogP contribution in [0.1, 0.15) is 45.2 Å². The minimum Gasteiger partial charge on any atom is -0.310 e. The van der Waals surface area contributed by atoms with Gasteiger partial charge in [-0.15, -0.1) is 0 Å². The summed E-state index contributed by atoms with van der Waals surface area (Å²) in [5.74, 6) is 0.812. The quantitative estimate of drug-likeness (QED) is 0.809. The van der Waals surface area contributed by atoms with Crippen LogP contribution in [-0.2, 0) is 0 Å². The second-order valence-corrected chi connectivity index (χ2v) is 7.01. The van der Waals surface area contributed by atoms with Crippen molar-refractivity contribution in [3.63, 3.8) is 0 Å². The van der Waals surface area contributed by atoms with Crippen LogP contribution in [0.15, 0.2) is 18.2 Å². The Hall–Kier alpha value is -0.280. The Bertz CT molecular complexity index is 464. The zero-order valence-corrected chi connectivity index (χ0v) is 14.7. The number of nitrogens with one attached hydrogen (secondary N) is 1. The average Bonchev–Trinajstić information content (AvgIpc) is 2.76. The number of rotatable bonds is 6. The van der Waals surface area contributed by atoms with Crippen molar-refractivity contribution in [1.82, 2.24) is 10.2 Å². The molecular weight excluding hydrogens is 303 g/mol. The molecule has 1 aliphatic rings. The number of hydrogen-bond donors (Lipinski definition) is 1. The number of likely N-dealkylation sites (tertiary alicyclic amines) is 1. The lowest BCUT2D eigenvalue weighted by Crippen LogP contribution is -2.32. The van der Waals surface area contributed by atoms with Crippen molar-refractivity contribution in [2.45, 2.75) is 45.7 Å². The Morgan fingerprint density at radius 1 is 1.33 bits per heavy atom. The van der Waals surface area contributed by atoms with E-state index < -0.39 is 0 Å². The maximum atomic E-state index is 6.39. The average molecular weight is 329 g/mol. The van der Waals surface area contributed by atoms with Crippen LogP contribution in [0.4, 0.5) is 0 Å². The summed E-state index contributed by atoms with van der Waals surface area (Å²) in [7, 11) is 0. The largest absolute Gasteiger partial charge is 0.310 e. The van der Waals surface area contributed by atoms with Crippen molar-refractivity contribution in [1.29, 1.82) is 0 Å². The molecule has 1 heterocycles. The van der Waals surface area contributed by atoms with E-state index in [0.717, 1.165) is 31.0 Å². The van der Waals surface area contributed by atoms with E-state index in [9.17, 15) is 0 Å². The second-order valence-electron chi connectivity index (χ2n) is 6.23. The molecule has 0 aromatic heterocycles. The molecule has 1 aromatic carbocycles. The van der Waals surface area contributed by atoms with Crippen LogP contribution < -0.4 is 5.32 Å². The lowest BCUT2D eigenvalue weighted by Gasteiger charge is -2.26. The monoisotopic (exact) mass is 328 g/mol. The summed E-state index contributed by atoms with van der Waals surface area (Å²) in [5, 5.41) is 4.87. The lowest BCUT2D eigenvalue weighted by molar-refractivity contribution is 0.249. The van der Waals surface area contributed by atoms with Crippen molar-refractivity contribution >= 4 is 23.2 Å². The molecule has 3 atom stereocenters. The van der Waals surface area contributed by atoms with Gasteiger partial charge in [0.05, 0.1) is 10.0 Å². The first kappa shape index (κ1) is 17.1. The van der Waals surface area contributed by atoms with Gasteiger partial charge < -0.3 is 10.2 Å². The molecule has 1 aromatic rings. The predicted molar refractivity (Wildman–Crippen MR) is 92.3 cm³/mol. The maximum absolute atomic E-state index is 6.39. The highest BCUT2D eigenvalue weighted by molar-refractivity contribution is 6.42. The molecule has 0 radical (unpaired) electrons. The minimum atomic E-state index is 0.268. The van der Waals surface area contributed by atoms with Gasteiger partial charge in [0.2, 0.25) is 0 Å². The maximum Gasteiger partial charge on any atom is 0.0640 e. The molecule has 0 aliphatic carbocycles. The van der Waals surface area contributed by atoms with Crippen LogP contribution in [-0.4, -0.2) is 30.6 Å².